The number of rotatable bonds is 6. The highest BCUT2D eigenvalue weighted by Gasteiger charge is 2.41. The lowest BCUT2D eigenvalue weighted by Crippen LogP contribution is -2.44. The van der Waals surface area contributed by atoms with Crippen molar-refractivity contribution in [1.29, 1.82) is 0 Å². The zero-order valence-electron chi connectivity index (χ0n) is 18.3. The van der Waals surface area contributed by atoms with Crippen molar-refractivity contribution in [1.82, 2.24) is 14.7 Å². The molecule has 0 atom stereocenters. The molecule has 1 aliphatic heterocycles. The third kappa shape index (κ3) is 4.39. The van der Waals surface area contributed by atoms with Gasteiger partial charge in [-0.3, -0.25) is 9.80 Å². The third-order valence-corrected chi connectivity index (χ3v) is 7.09. The van der Waals surface area contributed by atoms with Gasteiger partial charge >= 0.3 is 0 Å². The van der Waals surface area contributed by atoms with Crippen LogP contribution < -0.4 is 0 Å². The average Bonchev–Trinajstić information content (AvgIpc) is 3.23. The van der Waals surface area contributed by atoms with Gasteiger partial charge < -0.3 is 10.0 Å². The van der Waals surface area contributed by atoms with Crippen LogP contribution in [0.25, 0.3) is 0 Å². The van der Waals surface area contributed by atoms with Gasteiger partial charge in [0.15, 0.2) is 0 Å². The van der Waals surface area contributed by atoms with Gasteiger partial charge in [-0.15, -0.1) is 0 Å². The highest BCUT2D eigenvalue weighted by Crippen LogP contribution is 2.44. The van der Waals surface area contributed by atoms with Crippen molar-refractivity contribution in [2.45, 2.75) is 44.3 Å². The van der Waals surface area contributed by atoms with E-state index in [2.05, 4.69) is 34.9 Å². The standard InChI is InChI=1S/C25H34FN3O/c1-27-13-15-29(16-14-27)19-21-17-20(9-10-24(21)30)18-28(2)25(11-5-6-12-25)22-7-3-4-8-23(22)26/h3-4,7-10,17,30H,5-6,11-16,18-19H2,1-2H3. The Labute approximate surface area is 179 Å². The zero-order chi connectivity index (χ0) is 21.1. The number of benzene rings is 2. The fourth-order valence-corrected chi connectivity index (χ4v) is 5.19. The number of phenolic OH excluding ortho intramolecular Hbond substituents is 1. The van der Waals surface area contributed by atoms with Gasteiger partial charge in [0.1, 0.15) is 11.6 Å². The average molecular weight is 412 g/mol. The van der Waals surface area contributed by atoms with E-state index in [1.165, 1.54) is 5.56 Å². The molecule has 4 rings (SSSR count). The monoisotopic (exact) mass is 411 g/mol. The molecule has 1 N–H and O–H groups in total. The van der Waals surface area contributed by atoms with Gasteiger partial charge in [0.2, 0.25) is 0 Å². The van der Waals surface area contributed by atoms with Crippen LogP contribution in [0.3, 0.4) is 0 Å². The number of phenols is 1. The minimum absolute atomic E-state index is 0.104. The van der Waals surface area contributed by atoms with Crippen LogP contribution in [0.4, 0.5) is 4.39 Å². The minimum atomic E-state index is -0.249. The normalized spacial score (nSPS) is 20.1. The fraction of sp³-hybridized carbons (Fsp3) is 0.520. The van der Waals surface area contributed by atoms with E-state index in [1.54, 1.807) is 12.1 Å². The van der Waals surface area contributed by atoms with Crippen LogP contribution in [0.1, 0.15) is 42.4 Å². The number of piperazine rings is 1. The summed E-state index contributed by atoms with van der Waals surface area (Å²) >= 11 is 0. The first-order chi connectivity index (χ1) is 14.5. The van der Waals surface area contributed by atoms with E-state index in [4.69, 9.17) is 0 Å². The summed E-state index contributed by atoms with van der Waals surface area (Å²) in [6, 6.07) is 13.2. The number of hydrogen-bond donors (Lipinski definition) is 1. The molecule has 1 saturated heterocycles. The van der Waals surface area contributed by atoms with Crippen molar-refractivity contribution in [3.05, 3.63) is 65.0 Å². The summed E-state index contributed by atoms with van der Waals surface area (Å²) in [6.45, 7) is 5.69. The van der Waals surface area contributed by atoms with Crippen molar-refractivity contribution in [3.8, 4) is 5.75 Å². The summed E-state index contributed by atoms with van der Waals surface area (Å²) in [7, 11) is 4.27. The third-order valence-electron chi connectivity index (χ3n) is 7.09. The van der Waals surface area contributed by atoms with Crippen LogP contribution >= 0.6 is 0 Å². The van der Waals surface area contributed by atoms with Gasteiger partial charge in [-0.2, -0.15) is 0 Å². The van der Waals surface area contributed by atoms with Gasteiger partial charge in [0.25, 0.3) is 0 Å². The number of aromatic hydroxyl groups is 1. The molecular formula is C25H34FN3O. The van der Waals surface area contributed by atoms with E-state index >= 15 is 0 Å². The van der Waals surface area contributed by atoms with E-state index in [1.807, 2.05) is 24.3 Å². The molecular weight excluding hydrogens is 377 g/mol. The molecule has 0 unspecified atom stereocenters. The molecule has 1 saturated carbocycles. The van der Waals surface area contributed by atoms with Crippen LogP contribution in [-0.2, 0) is 18.6 Å². The van der Waals surface area contributed by atoms with Crippen LogP contribution in [0.5, 0.6) is 5.75 Å². The molecule has 0 amide bonds. The minimum Gasteiger partial charge on any atom is -0.508 e. The van der Waals surface area contributed by atoms with Gasteiger partial charge in [0, 0.05) is 55.9 Å². The first kappa shape index (κ1) is 21.3. The molecule has 5 heteroatoms. The Balaban J connectivity index is 1.52. The number of likely N-dealkylation sites (N-methyl/N-ethyl adjacent to an activating group) is 1. The van der Waals surface area contributed by atoms with Crippen molar-refractivity contribution < 1.29 is 9.50 Å². The summed E-state index contributed by atoms with van der Waals surface area (Å²) in [5.74, 6) is 0.262. The molecule has 4 nitrogen and oxygen atoms in total. The van der Waals surface area contributed by atoms with Crippen molar-refractivity contribution in [2.75, 3.05) is 40.3 Å². The fourth-order valence-electron chi connectivity index (χ4n) is 5.19. The molecule has 1 aliphatic carbocycles. The van der Waals surface area contributed by atoms with Crippen LogP contribution in [0.15, 0.2) is 42.5 Å². The summed E-state index contributed by atoms with van der Waals surface area (Å²) in [5, 5.41) is 10.4. The highest BCUT2D eigenvalue weighted by molar-refractivity contribution is 5.37. The predicted octanol–water partition coefficient (Wildman–Crippen LogP) is 4.18. The largest absolute Gasteiger partial charge is 0.508 e. The van der Waals surface area contributed by atoms with Gasteiger partial charge in [-0.1, -0.05) is 37.1 Å². The lowest BCUT2D eigenvalue weighted by atomic mass is 9.85. The van der Waals surface area contributed by atoms with Crippen molar-refractivity contribution in [3.63, 3.8) is 0 Å². The summed E-state index contributed by atoms with van der Waals surface area (Å²) < 4.78 is 14.7. The quantitative estimate of drug-likeness (QED) is 0.772. The smallest absolute Gasteiger partial charge is 0.128 e. The molecule has 0 radical (unpaired) electrons. The molecule has 1 heterocycles. The highest BCUT2D eigenvalue weighted by atomic mass is 19.1. The Morgan fingerprint density at radius 1 is 1.03 bits per heavy atom. The van der Waals surface area contributed by atoms with Crippen molar-refractivity contribution in [2.24, 2.45) is 0 Å². The zero-order valence-corrected chi connectivity index (χ0v) is 18.3. The van der Waals surface area contributed by atoms with Crippen LogP contribution in [0.2, 0.25) is 0 Å². The lowest BCUT2D eigenvalue weighted by Gasteiger charge is -2.40. The van der Waals surface area contributed by atoms with Crippen LogP contribution in [-0.4, -0.2) is 60.1 Å². The Bertz CT molecular complexity index is 857. The van der Waals surface area contributed by atoms with E-state index in [9.17, 15) is 9.50 Å². The van der Waals surface area contributed by atoms with E-state index in [0.717, 1.165) is 76.1 Å². The number of nitrogens with zero attached hydrogens (tertiary/aromatic N) is 3. The van der Waals surface area contributed by atoms with Gasteiger partial charge in [-0.25, -0.2) is 4.39 Å². The Morgan fingerprint density at radius 2 is 1.73 bits per heavy atom. The maximum atomic E-state index is 14.7. The van der Waals surface area contributed by atoms with Crippen LogP contribution in [0, 0.1) is 5.82 Å². The molecule has 2 fully saturated rings. The second-order valence-electron chi connectivity index (χ2n) is 9.12. The predicted molar refractivity (Wildman–Crippen MR) is 119 cm³/mol. The summed E-state index contributed by atoms with van der Waals surface area (Å²) in [4.78, 5) is 7.07. The maximum Gasteiger partial charge on any atom is 0.128 e. The van der Waals surface area contributed by atoms with E-state index in [0.29, 0.717) is 5.75 Å². The Hall–Kier alpha value is -1.95. The molecule has 0 spiro atoms. The van der Waals surface area contributed by atoms with Gasteiger partial charge in [-0.05, 0) is 50.7 Å². The first-order valence-electron chi connectivity index (χ1n) is 11.2. The Kier molecular flexibility index (Phi) is 6.42. The van der Waals surface area contributed by atoms with E-state index in [-0.39, 0.29) is 11.4 Å². The molecule has 30 heavy (non-hydrogen) atoms. The molecule has 0 bridgehead atoms. The molecule has 0 aromatic heterocycles. The molecule has 2 aliphatic rings. The number of hydrogen-bond acceptors (Lipinski definition) is 4. The molecule has 162 valence electrons. The van der Waals surface area contributed by atoms with Gasteiger partial charge in [0.05, 0.1) is 0 Å². The van der Waals surface area contributed by atoms with E-state index < -0.39 is 0 Å². The molecule has 2 aromatic rings. The molecule has 2 aromatic carbocycles. The second-order valence-corrected chi connectivity index (χ2v) is 9.12. The topological polar surface area (TPSA) is 30.0 Å². The Morgan fingerprint density at radius 3 is 2.43 bits per heavy atom. The van der Waals surface area contributed by atoms with Crippen molar-refractivity contribution >= 4 is 0 Å². The number of halogens is 1. The summed E-state index contributed by atoms with van der Waals surface area (Å²) in [6.07, 6.45) is 4.22. The lowest BCUT2D eigenvalue weighted by molar-refractivity contribution is 0.110. The second kappa shape index (κ2) is 9.04. The first-order valence-corrected chi connectivity index (χ1v) is 11.2. The summed E-state index contributed by atoms with van der Waals surface area (Å²) in [5.41, 5.74) is 2.72. The maximum absolute atomic E-state index is 14.7. The SMILES string of the molecule is CN1CCN(Cc2cc(CN(C)C3(c4ccccc4F)CCCC3)ccc2O)CC1.